The smallest absolute Gasteiger partial charge is 0.251 e. The SMILES string of the molecule is CC(CCO)CNC(=O)c1cccc(OCc2ccccc2)c1. The average molecular weight is 313 g/mol. The van der Waals surface area contributed by atoms with Gasteiger partial charge in [0.2, 0.25) is 0 Å². The number of carbonyl (C=O) groups excluding carboxylic acids is 1. The van der Waals surface area contributed by atoms with E-state index in [4.69, 9.17) is 9.84 Å². The average Bonchev–Trinajstić information content (AvgIpc) is 2.59. The molecule has 4 nitrogen and oxygen atoms in total. The van der Waals surface area contributed by atoms with Gasteiger partial charge in [0.25, 0.3) is 5.91 Å². The monoisotopic (exact) mass is 313 g/mol. The molecule has 0 saturated heterocycles. The van der Waals surface area contributed by atoms with Crippen molar-refractivity contribution < 1.29 is 14.6 Å². The Morgan fingerprint density at radius 3 is 2.70 bits per heavy atom. The summed E-state index contributed by atoms with van der Waals surface area (Å²) in [5.41, 5.74) is 1.66. The van der Waals surface area contributed by atoms with E-state index in [0.29, 0.717) is 30.9 Å². The van der Waals surface area contributed by atoms with Gasteiger partial charge in [-0.25, -0.2) is 0 Å². The van der Waals surface area contributed by atoms with E-state index in [0.717, 1.165) is 5.56 Å². The molecule has 0 aromatic heterocycles. The Morgan fingerprint density at radius 2 is 1.96 bits per heavy atom. The summed E-state index contributed by atoms with van der Waals surface area (Å²) in [5, 5.41) is 11.8. The zero-order chi connectivity index (χ0) is 16.5. The standard InChI is InChI=1S/C19H23NO3/c1-15(10-11-21)13-20-19(22)17-8-5-9-18(12-17)23-14-16-6-3-2-4-7-16/h2-9,12,15,21H,10-11,13-14H2,1H3,(H,20,22). The third kappa shape index (κ3) is 5.75. The Morgan fingerprint density at radius 1 is 1.17 bits per heavy atom. The zero-order valence-corrected chi connectivity index (χ0v) is 13.4. The predicted molar refractivity (Wildman–Crippen MR) is 90.4 cm³/mol. The van der Waals surface area contributed by atoms with Crippen molar-refractivity contribution >= 4 is 5.91 Å². The highest BCUT2D eigenvalue weighted by atomic mass is 16.5. The molecule has 2 aromatic carbocycles. The van der Waals surface area contributed by atoms with Crippen molar-refractivity contribution in [1.82, 2.24) is 5.32 Å². The third-order valence-electron chi connectivity index (χ3n) is 3.58. The van der Waals surface area contributed by atoms with Crippen LogP contribution in [0.5, 0.6) is 5.75 Å². The van der Waals surface area contributed by atoms with Crippen molar-refractivity contribution in [3.63, 3.8) is 0 Å². The Labute approximate surface area is 137 Å². The Hall–Kier alpha value is -2.33. The summed E-state index contributed by atoms with van der Waals surface area (Å²) < 4.78 is 5.73. The maximum Gasteiger partial charge on any atom is 0.251 e. The van der Waals surface area contributed by atoms with E-state index in [1.807, 2.05) is 49.4 Å². The lowest BCUT2D eigenvalue weighted by molar-refractivity contribution is 0.0945. The number of aliphatic hydroxyl groups excluding tert-OH is 1. The van der Waals surface area contributed by atoms with Gasteiger partial charge in [0, 0.05) is 18.7 Å². The molecule has 0 saturated carbocycles. The van der Waals surface area contributed by atoms with Crippen molar-refractivity contribution in [1.29, 1.82) is 0 Å². The lowest BCUT2D eigenvalue weighted by Crippen LogP contribution is -2.28. The summed E-state index contributed by atoms with van der Waals surface area (Å²) in [7, 11) is 0. The van der Waals surface area contributed by atoms with Crippen molar-refractivity contribution in [2.45, 2.75) is 20.0 Å². The van der Waals surface area contributed by atoms with Gasteiger partial charge in [-0.05, 0) is 36.1 Å². The maximum atomic E-state index is 12.2. The molecule has 0 bridgehead atoms. The molecule has 2 aromatic rings. The van der Waals surface area contributed by atoms with E-state index in [2.05, 4.69) is 5.32 Å². The second kappa shape index (κ2) is 8.96. The molecule has 0 radical (unpaired) electrons. The number of benzene rings is 2. The largest absolute Gasteiger partial charge is 0.489 e. The van der Waals surface area contributed by atoms with Gasteiger partial charge in [0.15, 0.2) is 0 Å². The van der Waals surface area contributed by atoms with Crippen LogP contribution in [0.2, 0.25) is 0 Å². The van der Waals surface area contributed by atoms with Crippen LogP contribution in [-0.2, 0) is 6.61 Å². The van der Waals surface area contributed by atoms with Crippen LogP contribution < -0.4 is 10.1 Å². The summed E-state index contributed by atoms with van der Waals surface area (Å²) in [6.45, 7) is 3.16. The van der Waals surface area contributed by atoms with Crippen molar-refractivity contribution in [2.24, 2.45) is 5.92 Å². The summed E-state index contributed by atoms with van der Waals surface area (Å²) in [5.74, 6) is 0.798. The molecule has 0 aliphatic carbocycles. The van der Waals surface area contributed by atoms with Gasteiger partial charge < -0.3 is 15.2 Å². The molecule has 2 N–H and O–H groups in total. The normalized spacial score (nSPS) is 11.7. The van der Waals surface area contributed by atoms with Crippen LogP contribution in [0.4, 0.5) is 0 Å². The van der Waals surface area contributed by atoms with E-state index in [9.17, 15) is 4.79 Å². The van der Waals surface area contributed by atoms with Crippen molar-refractivity contribution in [2.75, 3.05) is 13.2 Å². The molecule has 1 unspecified atom stereocenters. The first kappa shape index (κ1) is 17.0. The summed E-state index contributed by atoms with van der Waals surface area (Å²) >= 11 is 0. The molecular formula is C19H23NO3. The van der Waals surface area contributed by atoms with E-state index in [1.165, 1.54) is 0 Å². The van der Waals surface area contributed by atoms with Gasteiger partial charge in [0.05, 0.1) is 0 Å². The van der Waals surface area contributed by atoms with E-state index < -0.39 is 0 Å². The second-order valence-electron chi connectivity index (χ2n) is 5.63. The maximum absolute atomic E-state index is 12.2. The molecule has 4 heteroatoms. The molecule has 1 atom stereocenters. The van der Waals surface area contributed by atoms with Crippen LogP contribution in [0.1, 0.15) is 29.3 Å². The van der Waals surface area contributed by atoms with E-state index in [-0.39, 0.29) is 18.4 Å². The van der Waals surface area contributed by atoms with Crippen LogP contribution in [0.25, 0.3) is 0 Å². The third-order valence-corrected chi connectivity index (χ3v) is 3.58. The van der Waals surface area contributed by atoms with Crippen molar-refractivity contribution in [3.05, 3.63) is 65.7 Å². The Balaban J connectivity index is 1.89. The predicted octanol–water partition coefficient (Wildman–Crippen LogP) is 3.01. The number of carbonyl (C=O) groups is 1. The molecular weight excluding hydrogens is 290 g/mol. The van der Waals surface area contributed by atoms with Gasteiger partial charge in [-0.3, -0.25) is 4.79 Å². The number of ether oxygens (including phenoxy) is 1. The van der Waals surface area contributed by atoms with Crippen LogP contribution in [0.15, 0.2) is 54.6 Å². The Bertz CT molecular complexity index is 613. The minimum atomic E-state index is -0.125. The first-order valence-electron chi connectivity index (χ1n) is 7.85. The fourth-order valence-electron chi connectivity index (χ4n) is 2.16. The van der Waals surface area contributed by atoms with Gasteiger partial charge >= 0.3 is 0 Å². The van der Waals surface area contributed by atoms with Crippen LogP contribution in [0, 0.1) is 5.92 Å². The zero-order valence-electron chi connectivity index (χ0n) is 13.4. The summed E-state index contributed by atoms with van der Waals surface area (Å²) in [6.07, 6.45) is 0.681. The van der Waals surface area contributed by atoms with Crippen molar-refractivity contribution in [3.8, 4) is 5.75 Å². The topological polar surface area (TPSA) is 58.6 Å². The Kier molecular flexibility index (Phi) is 6.63. The fourth-order valence-corrected chi connectivity index (χ4v) is 2.16. The first-order valence-corrected chi connectivity index (χ1v) is 7.85. The summed E-state index contributed by atoms with van der Waals surface area (Å²) in [4.78, 5) is 12.2. The molecule has 1 amide bonds. The molecule has 2 rings (SSSR count). The number of hydrogen-bond acceptors (Lipinski definition) is 3. The molecule has 0 fully saturated rings. The number of nitrogens with one attached hydrogen (secondary N) is 1. The summed E-state index contributed by atoms with van der Waals surface area (Å²) in [6, 6.07) is 17.1. The van der Waals surface area contributed by atoms with Crippen LogP contribution in [0.3, 0.4) is 0 Å². The highest BCUT2D eigenvalue weighted by molar-refractivity contribution is 5.94. The van der Waals surface area contributed by atoms with Gasteiger partial charge in [0.1, 0.15) is 12.4 Å². The molecule has 122 valence electrons. The quantitative estimate of drug-likeness (QED) is 0.787. The number of amides is 1. The van der Waals surface area contributed by atoms with Gasteiger partial charge in [-0.2, -0.15) is 0 Å². The highest BCUT2D eigenvalue weighted by Gasteiger charge is 2.08. The molecule has 0 aliphatic rings. The minimum absolute atomic E-state index is 0.125. The molecule has 0 heterocycles. The van der Waals surface area contributed by atoms with E-state index >= 15 is 0 Å². The van der Waals surface area contributed by atoms with Gasteiger partial charge in [-0.1, -0.05) is 43.3 Å². The molecule has 0 spiro atoms. The van der Waals surface area contributed by atoms with Crippen LogP contribution >= 0.6 is 0 Å². The number of rotatable bonds is 8. The number of hydrogen-bond donors (Lipinski definition) is 2. The van der Waals surface area contributed by atoms with Crippen LogP contribution in [-0.4, -0.2) is 24.2 Å². The first-order chi connectivity index (χ1) is 11.2. The number of aliphatic hydroxyl groups is 1. The van der Waals surface area contributed by atoms with E-state index in [1.54, 1.807) is 12.1 Å². The molecule has 23 heavy (non-hydrogen) atoms. The second-order valence-corrected chi connectivity index (χ2v) is 5.63. The minimum Gasteiger partial charge on any atom is -0.489 e. The lowest BCUT2D eigenvalue weighted by Gasteiger charge is -2.12. The highest BCUT2D eigenvalue weighted by Crippen LogP contribution is 2.15. The fraction of sp³-hybridized carbons (Fsp3) is 0.316. The molecule has 0 aliphatic heterocycles. The lowest BCUT2D eigenvalue weighted by atomic mass is 10.1. The van der Waals surface area contributed by atoms with Gasteiger partial charge in [-0.15, -0.1) is 0 Å².